The summed E-state index contributed by atoms with van der Waals surface area (Å²) in [5.41, 5.74) is 5.01. The molecule has 0 fully saturated rings. The van der Waals surface area contributed by atoms with E-state index < -0.39 is 0 Å². The fourth-order valence-corrected chi connectivity index (χ4v) is 3.84. The molecule has 1 N–H and O–H groups in total. The maximum absolute atomic E-state index is 4.42. The van der Waals surface area contributed by atoms with Crippen LogP contribution in [0.15, 0.2) is 43.0 Å². The molecule has 1 aliphatic rings. The van der Waals surface area contributed by atoms with Gasteiger partial charge in [0.25, 0.3) is 0 Å². The second-order valence-electron chi connectivity index (χ2n) is 7.13. The second kappa shape index (κ2) is 6.84. The van der Waals surface area contributed by atoms with E-state index in [-0.39, 0.29) is 0 Å². The first-order chi connectivity index (χ1) is 12.2. The van der Waals surface area contributed by atoms with E-state index in [1.807, 2.05) is 30.2 Å². The predicted octanol–water partition coefficient (Wildman–Crippen LogP) is 3.26. The third-order valence-corrected chi connectivity index (χ3v) is 4.92. The predicted molar refractivity (Wildman–Crippen MR) is 101 cm³/mol. The highest BCUT2D eigenvalue weighted by molar-refractivity contribution is 5.91. The van der Waals surface area contributed by atoms with Crippen molar-refractivity contribution >= 4 is 16.6 Å². The van der Waals surface area contributed by atoms with Crippen LogP contribution < -0.4 is 0 Å². The number of aryl methyl sites for hydroxylation is 2. The number of nitrogens with one attached hydrogen (secondary N) is 1. The minimum Gasteiger partial charge on any atom is -0.346 e. The van der Waals surface area contributed by atoms with Gasteiger partial charge in [-0.3, -0.25) is 9.58 Å². The maximum Gasteiger partial charge on any atom is 0.137 e. The van der Waals surface area contributed by atoms with E-state index in [1.54, 1.807) is 0 Å². The number of hydrogen-bond acceptors (Lipinski definition) is 3. The second-order valence-corrected chi connectivity index (χ2v) is 7.13. The number of hydrogen-bond donors (Lipinski definition) is 1. The Bertz CT molecular complexity index is 888. The number of rotatable bonds is 5. The Morgan fingerprint density at radius 2 is 2.28 bits per heavy atom. The van der Waals surface area contributed by atoms with Crippen molar-refractivity contribution in [3.05, 3.63) is 54.1 Å². The molecular formula is C20H25N5. The first-order valence-electron chi connectivity index (χ1n) is 9.02. The van der Waals surface area contributed by atoms with Crippen LogP contribution in [-0.4, -0.2) is 44.3 Å². The van der Waals surface area contributed by atoms with Gasteiger partial charge in [-0.15, -0.1) is 0 Å². The number of fused-ring (bicyclic) bond motifs is 1. The van der Waals surface area contributed by atoms with Crippen LogP contribution in [-0.2, 0) is 13.5 Å². The molecule has 0 saturated heterocycles. The third-order valence-electron chi connectivity index (χ3n) is 4.92. The van der Waals surface area contributed by atoms with Crippen molar-refractivity contribution in [2.75, 3.05) is 19.6 Å². The van der Waals surface area contributed by atoms with Gasteiger partial charge >= 0.3 is 0 Å². The SMILES string of the molecule is CC1C=C(c2c[nH]c3ncccc23)CN(CCCc2cnn(C)c2)C1. The van der Waals surface area contributed by atoms with E-state index in [0.717, 1.165) is 31.7 Å². The van der Waals surface area contributed by atoms with Gasteiger partial charge < -0.3 is 4.98 Å². The smallest absolute Gasteiger partial charge is 0.137 e. The zero-order valence-electron chi connectivity index (χ0n) is 14.9. The molecule has 0 aliphatic carbocycles. The van der Waals surface area contributed by atoms with Crippen molar-refractivity contribution in [3.8, 4) is 0 Å². The summed E-state index contributed by atoms with van der Waals surface area (Å²) >= 11 is 0. The van der Waals surface area contributed by atoms with Crippen LogP contribution in [0.4, 0.5) is 0 Å². The molecule has 4 rings (SSSR count). The Labute approximate surface area is 148 Å². The summed E-state index contributed by atoms with van der Waals surface area (Å²) in [5.74, 6) is 0.573. The molecule has 3 aromatic rings. The average molecular weight is 335 g/mol. The van der Waals surface area contributed by atoms with Gasteiger partial charge in [-0.25, -0.2) is 4.98 Å². The number of aromatic nitrogens is 4. The fourth-order valence-electron chi connectivity index (χ4n) is 3.84. The van der Waals surface area contributed by atoms with Crippen LogP contribution in [0.25, 0.3) is 16.6 Å². The highest BCUT2D eigenvalue weighted by atomic mass is 15.2. The number of pyridine rings is 1. The molecule has 0 aromatic carbocycles. The maximum atomic E-state index is 4.42. The Morgan fingerprint density at radius 1 is 1.36 bits per heavy atom. The number of nitrogens with zero attached hydrogens (tertiary/aromatic N) is 4. The van der Waals surface area contributed by atoms with Crippen LogP contribution in [0.3, 0.4) is 0 Å². The molecule has 3 aromatic heterocycles. The molecule has 130 valence electrons. The lowest BCUT2D eigenvalue weighted by Gasteiger charge is -2.30. The van der Waals surface area contributed by atoms with Crippen molar-refractivity contribution in [3.63, 3.8) is 0 Å². The zero-order chi connectivity index (χ0) is 17.2. The lowest BCUT2D eigenvalue weighted by molar-refractivity contribution is 0.269. The number of aromatic amines is 1. The van der Waals surface area contributed by atoms with Gasteiger partial charge in [0, 0.05) is 49.7 Å². The topological polar surface area (TPSA) is 49.7 Å². The minimum atomic E-state index is 0.573. The van der Waals surface area contributed by atoms with Gasteiger partial charge in [-0.2, -0.15) is 5.10 Å². The summed E-state index contributed by atoms with van der Waals surface area (Å²) in [5, 5.41) is 5.47. The lowest BCUT2D eigenvalue weighted by Crippen LogP contribution is -2.34. The molecule has 0 bridgehead atoms. The average Bonchev–Trinajstić information content (AvgIpc) is 3.20. The molecule has 1 unspecified atom stereocenters. The van der Waals surface area contributed by atoms with Crippen molar-refractivity contribution in [2.24, 2.45) is 13.0 Å². The van der Waals surface area contributed by atoms with Crippen molar-refractivity contribution in [2.45, 2.75) is 19.8 Å². The molecule has 5 nitrogen and oxygen atoms in total. The molecule has 5 heteroatoms. The molecule has 25 heavy (non-hydrogen) atoms. The van der Waals surface area contributed by atoms with Crippen molar-refractivity contribution < 1.29 is 0 Å². The van der Waals surface area contributed by atoms with Crippen LogP contribution in [0.5, 0.6) is 0 Å². The Morgan fingerprint density at radius 3 is 3.12 bits per heavy atom. The van der Waals surface area contributed by atoms with E-state index in [9.17, 15) is 0 Å². The summed E-state index contributed by atoms with van der Waals surface area (Å²) in [7, 11) is 1.98. The summed E-state index contributed by atoms with van der Waals surface area (Å²) < 4.78 is 1.88. The summed E-state index contributed by atoms with van der Waals surface area (Å²) in [6.07, 6.45) is 12.7. The van der Waals surface area contributed by atoms with Crippen molar-refractivity contribution in [1.29, 1.82) is 0 Å². The summed E-state index contributed by atoms with van der Waals surface area (Å²) in [6.45, 7) is 5.58. The molecular weight excluding hydrogens is 310 g/mol. The van der Waals surface area contributed by atoms with E-state index in [4.69, 9.17) is 0 Å². The Balaban J connectivity index is 1.44. The van der Waals surface area contributed by atoms with E-state index in [1.165, 1.54) is 28.5 Å². The Hall–Kier alpha value is -2.40. The van der Waals surface area contributed by atoms with Gasteiger partial charge in [0.1, 0.15) is 5.65 Å². The first kappa shape index (κ1) is 16.1. The normalized spacial score (nSPS) is 18.6. The quantitative estimate of drug-likeness (QED) is 0.778. The van der Waals surface area contributed by atoms with Gasteiger partial charge in [-0.05, 0) is 48.6 Å². The van der Waals surface area contributed by atoms with Crippen LogP contribution in [0.2, 0.25) is 0 Å². The monoisotopic (exact) mass is 335 g/mol. The molecule has 4 heterocycles. The molecule has 0 saturated carbocycles. The highest BCUT2D eigenvalue weighted by Crippen LogP contribution is 2.28. The van der Waals surface area contributed by atoms with Crippen molar-refractivity contribution in [1.82, 2.24) is 24.6 Å². The van der Waals surface area contributed by atoms with Gasteiger partial charge in [0.05, 0.1) is 6.20 Å². The lowest BCUT2D eigenvalue weighted by atomic mass is 9.96. The molecule has 0 radical (unpaired) electrons. The third kappa shape index (κ3) is 3.51. The van der Waals surface area contributed by atoms with Crippen LogP contribution >= 0.6 is 0 Å². The van der Waals surface area contributed by atoms with Gasteiger partial charge in [0.15, 0.2) is 0 Å². The van der Waals surface area contributed by atoms with Gasteiger partial charge in [0.2, 0.25) is 0 Å². The fraction of sp³-hybridized carbons (Fsp3) is 0.400. The molecule has 1 atom stereocenters. The zero-order valence-corrected chi connectivity index (χ0v) is 14.9. The summed E-state index contributed by atoms with van der Waals surface area (Å²) in [6, 6.07) is 4.17. The van der Waals surface area contributed by atoms with E-state index >= 15 is 0 Å². The standard InChI is InChI=1S/C20H25N5/c1-15-9-17(19-11-22-20-18(19)6-3-7-21-20)14-25(12-15)8-4-5-16-10-23-24(2)13-16/h3,6-7,9-11,13,15H,4-5,8,12,14H2,1-2H3,(H,21,22). The first-order valence-corrected chi connectivity index (χ1v) is 9.02. The highest BCUT2D eigenvalue weighted by Gasteiger charge is 2.20. The largest absolute Gasteiger partial charge is 0.346 e. The molecule has 1 aliphatic heterocycles. The molecule has 0 spiro atoms. The Kier molecular flexibility index (Phi) is 4.40. The number of H-pyrrole nitrogens is 1. The molecule has 0 amide bonds. The summed E-state index contributed by atoms with van der Waals surface area (Å²) in [4.78, 5) is 10.3. The van der Waals surface area contributed by atoms with Crippen LogP contribution in [0.1, 0.15) is 24.5 Å². The van der Waals surface area contributed by atoms with Gasteiger partial charge in [-0.1, -0.05) is 13.0 Å². The van der Waals surface area contributed by atoms with E-state index in [0.29, 0.717) is 5.92 Å². The van der Waals surface area contributed by atoms with Crippen LogP contribution in [0, 0.1) is 5.92 Å². The minimum absolute atomic E-state index is 0.573. The van der Waals surface area contributed by atoms with E-state index in [2.05, 4.69) is 51.4 Å².